The molecule has 1 heterocycles. The van der Waals surface area contributed by atoms with Gasteiger partial charge in [-0.15, -0.1) is 0 Å². The lowest BCUT2D eigenvalue weighted by atomic mass is 10.1. The first-order chi connectivity index (χ1) is 15.8. The van der Waals surface area contributed by atoms with Crippen LogP contribution >= 0.6 is 0 Å². The van der Waals surface area contributed by atoms with Gasteiger partial charge in [-0.2, -0.15) is 0 Å². The molecule has 0 atom stereocenters. The van der Waals surface area contributed by atoms with E-state index in [-0.39, 0.29) is 24.8 Å². The lowest BCUT2D eigenvalue weighted by Crippen LogP contribution is -2.26. The number of amidine groups is 1. The molecule has 0 spiro atoms. The molecule has 0 fully saturated rings. The van der Waals surface area contributed by atoms with E-state index in [2.05, 4.69) is 9.98 Å². The van der Waals surface area contributed by atoms with Crippen molar-refractivity contribution in [3.8, 4) is 5.75 Å². The van der Waals surface area contributed by atoms with Gasteiger partial charge in [0.1, 0.15) is 30.7 Å². The third-order valence-electron chi connectivity index (χ3n) is 4.89. The minimum Gasteiger partial charge on any atom is -0.488 e. The second-order valence-electron chi connectivity index (χ2n) is 7.60. The van der Waals surface area contributed by atoms with Crippen LogP contribution in [0.25, 0.3) is 0 Å². The monoisotopic (exact) mass is 469 g/mol. The van der Waals surface area contributed by atoms with Gasteiger partial charge in [0.15, 0.2) is 15.7 Å². The molecule has 0 N–H and O–H groups in total. The fourth-order valence-corrected chi connectivity index (χ4v) is 4.13. The number of rotatable bonds is 7. The molecule has 1 aliphatic heterocycles. The van der Waals surface area contributed by atoms with Gasteiger partial charge in [0.05, 0.1) is 17.7 Å². The van der Waals surface area contributed by atoms with E-state index in [1.54, 1.807) is 47.6 Å². The number of anilines is 1. The van der Waals surface area contributed by atoms with Gasteiger partial charge in [-0.1, -0.05) is 30.3 Å². The highest BCUT2D eigenvalue weighted by Crippen LogP contribution is 2.25. The standard InChI is InChI=1S/C24H21F2N3O3S/c1-33(30,31)14-17-5-4-7-20(11-17)29-15-27-24(28-16-29)21-10-9-19(25)12-23(21)32-13-18-6-2-3-8-22(18)26/h2-12,15H,13-14,16H2,1H3. The van der Waals surface area contributed by atoms with Crippen molar-refractivity contribution in [2.24, 2.45) is 9.98 Å². The Hall–Kier alpha value is -3.59. The van der Waals surface area contributed by atoms with Gasteiger partial charge in [-0.3, -0.25) is 0 Å². The van der Waals surface area contributed by atoms with Crippen LogP contribution in [0.2, 0.25) is 0 Å². The van der Waals surface area contributed by atoms with Crippen LogP contribution in [-0.4, -0.2) is 33.5 Å². The molecule has 0 unspecified atom stereocenters. The van der Waals surface area contributed by atoms with Crippen LogP contribution in [0.15, 0.2) is 76.7 Å². The maximum atomic E-state index is 13.9. The van der Waals surface area contributed by atoms with Gasteiger partial charge >= 0.3 is 0 Å². The number of hydrogen-bond donors (Lipinski definition) is 0. The second kappa shape index (κ2) is 9.50. The Morgan fingerprint density at radius 1 is 1.03 bits per heavy atom. The van der Waals surface area contributed by atoms with Crippen LogP contribution in [-0.2, 0) is 22.2 Å². The highest BCUT2D eigenvalue weighted by Gasteiger charge is 2.17. The van der Waals surface area contributed by atoms with Crippen molar-refractivity contribution < 1.29 is 21.9 Å². The molecule has 9 heteroatoms. The summed E-state index contributed by atoms with van der Waals surface area (Å²) in [6, 6.07) is 17.4. The summed E-state index contributed by atoms with van der Waals surface area (Å²) in [5.41, 5.74) is 2.25. The Bertz CT molecular complexity index is 1340. The Kier molecular flexibility index (Phi) is 6.50. The molecule has 0 saturated carbocycles. The van der Waals surface area contributed by atoms with Gasteiger partial charge in [0.25, 0.3) is 0 Å². The van der Waals surface area contributed by atoms with E-state index in [9.17, 15) is 17.2 Å². The van der Waals surface area contributed by atoms with Crippen LogP contribution in [0.5, 0.6) is 5.75 Å². The zero-order valence-corrected chi connectivity index (χ0v) is 18.6. The second-order valence-corrected chi connectivity index (χ2v) is 9.74. The summed E-state index contributed by atoms with van der Waals surface area (Å²) in [4.78, 5) is 10.6. The van der Waals surface area contributed by atoms with E-state index in [1.807, 2.05) is 6.07 Å². The molecule has 0 bridgehead atoms. The maximum absolute atomic E-state index is 13.9. The van der Waals surface area contributed by atoms with Crippen LogP contribution in [0.4, 0.5) is 14.5 Å². The van der Waals surface area contributed by atoms with Crippen molar-refractivity contribution in [3.63, 3.8) is 0 Å². The molecule has 0 aliphatic carbocycles. The molecule has 0 radical (unpaired) electrons. The largest absolute Gasteiger partial charge is 0.488 e. The normalized spacial score (nSPS) is 13.7. The molecule has 170 valence electrons. The zero-order valence-electron chi connectivity index (χ0n) is 17.8. The summed E-state index contributed by atoms with van der Waals surface area (Å²) in [5.74, 6) is -0.400. The van der Waals surface area contributed by atoms with E-state index in [0.29, 0.717) is 22.5 Å². The molecular formula is C24H21F2N3O3S. The molecule has 33 heavy (non-hydrogen) atoms. The smallest absolute Gasteiger partial charge is 0.161 e. The Morgan fingerprint density at radius 3 is 2.58 bits per heavy atom. The first kappa shape index (κ1) is 22.6. The first-order valence-electron chi connectivity index (χ1n) is 10.1. The van der Waals surface area contributed by atoms with Crippen molar-refractivity contribution >= 4 is 27.7 Å². The van der Waals surface area contributed by atoms with Gasteiger partial charge in [-0.25, -0.2) is 27.2 Å². The number of ether oxygens (including phenoxy) is 1. The summed E-state index contributed by atoms with van der Waals surface area (Å²) >= 11 is 0. The molecule has 0 saturated heterocycles. The van der Waals surface area contributed by atoms with Crippen molar-refractivity contribution in [2.45, 2.75) is 12.4 Å². The van der Waals surface area contributed by atoms with E-state index in [1.165, 1.54) is 30.5 Å². The lowest BCUT2D eigenvalue weighted by molar-refractivity contribution is 0.297. The average Bonchev–Trinajstić information content (AvgIpc) is 2.78. The number of benzene rings is 3. The minimum absolute atomic E-state index is 0.0569. The van der Waals surface area contributed by atoms with E-state index in [0.717, 1.165) is 5.69 Å². The van der Waals surface area contributed by atoms with Gasteiger partial charge in [0, 0.05) is 23.6 Å². The molecule has 6 nitrogen and oxygen atoms in total. The van der Waals surface area contributed by atoms with E-state index < -0.39 is 21.5 Å². The summed E-state index contributed by atoms with van der Waals surface area (Å²) in [6.45, 7) is 0.157. The van der Waals surface area contributed by atoms with Gasteiger partial charge < -0.3 is 9.64 Å². The Balaban J connectivity index is 1.52. The Morgan fingerprint density at radius 2 is 1.85 bits per heavy atom. The summed E-state index contributed by atoms with van der Waals surface area (Å²) < 4.78 is 56.7. The average molecular weight is 470 g/mol. The summed E-state index contributed by atoms with van der Waals surface area (Å²) in [5, 5.41) is 0. The fraction of sp³-hybridized carbons (Fsp3) is 0.167. The quantitative estimate of drug-likeness (QED) is 0.516. The number of sulfone groups is 1. The van der Waals surface area contributed by atoms with Crippen molar-refractivity contribution in [3.05, 3.63) is 95.1 Å². The van der Waals surface area contributed by atoms with Crippen molar-refractivity contribution in [1.82, 2.24) is 0 Å². The molecule has 3 aromatic carbocycles. The third kappa shape index (κ3) is 5.81. The SMILES string of the molecule is CS(=O)(=O)Cc1cccc(N2C=NC(c3ccc(F)cc3OCc3ccccc3F)=NC2)c1. The van der Waals surface area contributed by atoms with Crippen LogP contribution in [0.1, 0.15) is 16.7 Å². The van der Waals surface area contributed by atoms with Crippen LogP contribution in [0.3, 0.4) is 0 Å². The molecular weight excluding hydrogens is 448 g/mol. The van der Waals surface area contributed by atoms with E-state index >= 15 is 0 Å². The predicted molar refractivity (Wildman–Crippen MR) is 124 cm³/mol. The molecule has 3 aromatic rings. The first-order valence-corrected chi connectivity index (χ1v) is 12.1. The van der Waals surface area contributed by atoms with Crippen LogP contribution < -0.4 is 9.64 Å². The minimum atomic E-state index is -3.15. The molecule has 4 rings (SSSR count). The third-order valence-corrected chi connectivity index (χ3v) is 5.75. The fourth-order valence-electron chi connectivity index (χ4n) is 3.35. The van der Waals surface area contributed by atoms with Crippen molar-refractivity contribution in [2.75, 3.05) is 17.8 Å². The van der Waals surface area contributed by atoms with Gasteiger partial charge in [0.2, 0.25) is 0 Å². The molecule has 0 amide bonds. The number of halogens is 2. The Labute approximate surface area is 190 Å². The van der Waals surface area contributed by atoms with Crippen molar-refractivity contribution in [1.29, 1.82) is 0 Å². The van der Waals surface area contributed by atoms with E-state index in [4.69, 9.17) is 4.74 Å². The van der Waals surface area contributed by atoms with Gasteiger partial charge in [-0.05, 0) is 35.9 Å². The number of hydrogen-bond acceptors (Lipinski definition) is 6. The molecule has 1 aliphatic rings. The lowest BCUT2D eigenvalue weighted by Gasteiger charge is -2.22. The molecule has 0 aromatic heterocycles. The predicted octanol–water partition coefficient (Wildman–Crippen LogP) is 4.34. The highest BCUT2D eigenvalue weighted by atomic mass is 32.2. The topological polar surface area (TPSA) is 71.3 Å². The van der Waals surface area contributed by atoms with Crippen LogP contribution in [0, 0.1) is 11.6 Å². The maximum Gasteiger partial charge on any atom is 0.161 e. The summed E-state index contributed by atoms with van der Waals surface area (Å²) in [6.07, 6.45) is 2.76. The zero-order chi connectivity index (χ0) is 23.4. The number of nitrogens with zero attached hydrogens (tertiary/aromatic N) is 3. The highest BCUT2D eigenvalue weighted by molar-refractivity contribution is 7.89. The number of aliphatic imine (C=N–C) groups is 2. The summed E-state index contributed by atoms with van der Waals surface area (Å²) in [7, 11) is -3.15.